The molecule has 1 saturated heterocycles. The molecule has 2 aliphatic rings. The molecular formula is C26H34FN3O4. The number of halogens is 1. The zero-order chi connectivity index (χ0) is 24.1. The van der Waals surface area contributed by atoms with Crippen LogP contribution in [0.5, 0.6) is 5.75 Å². The van der Waals surface area contributed by atoms with Crippen molar-refractivity contribution in [2.45, 2.75) is 58.8 Å². The van der Waals surface area contributed by atoms with E-state index >= 15 is 0 Å². The van der Waals surface area contributed by atoms with Gasteiger partial charge in [0.15, 0.2) is 5.82 Å². The number of allylic oxidation sites excluding steroid dienone is 2. The van der Waals surface area contributed by atoms with Crippen LogP contribution in [-0.2, 0) is 9.53 Å². The van der Waals surface area contributed by atoms with Gasteiger partial charge in [-0.3, -0.25) is 4.79 Å². The van der Waals surface area contributed by atoms with Crippen molar-refractivity contribution in [2.75, 3.05) is 31.2 Å². The lowest BCUT2D eigenvalue weighted by molar-refractivity contribution is -0.148. The Hall–Kier alpha value is -2.90. The molecule has 4 rings (SSSR count). The molecule has 34 heavy (non-hydrogen) atoms. The van der Waals surface area contributed by atoms with Gasteiger partial charge in [0.1, 0.15) is 11.6 Å². The highest BCUT2D eigenvalue weighted by molar-refractivity contribution is 5.75. The number of rotatable bonds is 8. The lowest BCUT2D eigenvalue weighted by Crippen LogP contribution is -2.35. The predicted octanol–water partition coefficient (Wildman–Crippen LogP) is 5.37. The van der Waals surface area contributed by atoms with Crippen LogP contribution in [0.15, 0.2) is 28.8 Å². The highest BCUT2D eigenvalue weighted by Crippen LogP contribution is 2.33. The zero-order valence-electron chi connectivity index (χ0n) is 20.3. The maximum Gasteiger partial charge on any atom is 0.324 e. The van der Waals surface area contributed by atoms with Crippen molar-refractivity contribution >= 4 is 17.6 Å². The smallest absolute Gasteiger partial charge is 0.324 e. The lowest BCUT2D eigenvalue weighted by Gasteiger charge is -2.30. The highest BCUT2D eigenvalue weighted by atomic mass is 19.1. The van der Waals surface area contributed by atoms with Gasteiger partial charge in [0, 0.05) is 30.6 Å². The highest BCUT2D eigenvalue weighted by Gasteiger charge is 2.25. The van der Waals surface area contributed by atoms with Crippen LogP contribution in [0, 0.1) is 17.7 Å². The third-order valence-corrected chi connectivity index (χ3v) is 6.64. The summed E-state index contributed by atoms with van der Waals surface area (Å²) < 4.78 is 31.3. The number of carbonyl (C=O) groups is 1. The molecule has 1 aliphatic heterocycles. The summed E-state index contributed by atoms with van der Waals surface area (Å²) in [5.41, 5.74) is 1.53. The van der Waals surface area contributed by atoms with E-state index < -0.39 is 0 Å². The van der Waals surface area contributed by atoms with Crippen molar-refractivity contribution in [3.63, 3.8) is 0 Å². The fraction of sp³-hybridized carbons (Fsp3) is 0.577. The van der Waals surface area contributed by atoms with Crippen LogP contribution >= 0.6 is 0 Å². The Labute approximate surface area is 200 Å². The largest absolute Gasteiger partial charge is 0.493 e. The minimum Gasteiger partial charge on any atom is -0.493 e. The third kappa shape index (κ3) is 5.77. The van der Waals surface area contributed by atoms with Crippen LogP contribution < -0.4 is 9.64 Å². The van der Waals surface area contributed by atoms with Gasteiger partial charge in [0.2, 0.25) is 0 Å². The van der Waals surface area contributed by atoms with Gasteiger partial charge >= 0.3 is 12.0 Å². The van der Waals surface area contributed by atoms with Gasteiger partial charge in [0.05, 0.1) is 19.1 Å². The van der Waals surface area contributed by atoms with E-state index in [0.29, 0.717) is 55.7 Å². The molecule has 7 nitrogen and oxygen atoms in total. The fourth-order valence-corrected chi connectivity index (χ4v) is 4.49. The molecule has 0 amide bonds. The number of anilines is 1. The molecule has 0 bridgehead atoms. The second-order valence-electron chi connectivity index (χ2n) is 9.43. The normalized spacial score (nSPS) is 19.3. The van der Waals surface area contributed by atoms with Crippen molar-refractivity contribution in [3.8, 4) is 5.75 Å². The van der Waals surface area contributed by atoms with Gasteiger partial charge in [0.25, 0.3) is 0 Å². The van der Waals surface area contributed by atoms with E-state index in [1.165, 1.54) is 6.07 Å². The maximum atomic E-state index is 14.8. The average Bonchev–Trinajstić information content (AvgIpc) is 3.34. The SMILES string of the molecule is CCOC(=O)C1CC=C(c2ccc(OCC3CCN(c4nc(C(C)C)no4)CC3)cc2F)CC1. The van der Waals surface area contributed by atoms with E-state index in [4.69, 9.17) is 14.0 Å². The summed E-state index contributed by atoms with van der Waals surface area (Å²) in [6, 6.07) is 5.67. The Morgan fingerprint density at radius 3 is 2.68 bits per heavy atom. The molecule has 8 heteroatoms. The number of hydrogen-bond donors (Lipinski definition) is 0. The van der Waals surface area contributed by atoms with Crippen LogP contribution in [0.1, 0.15) is 70.2 Å². The molecular weight excluding hydrogens is 437 g/mol. The summed E-state index contributed by atoms with van der Waals surface area (Å²) in [6.07, 6.45) is 5.81. The van der Waals surface area contributed by atoms with E-state index in [1.807, 2.05) is 32.9 Å². The number of ether oxygens (including phenoxy) is 2. The monoisotopic (exact) mass is 471 g/mol. The van der Waals surface area contributed by atoms with Crippen LogP contribution in [-0.4, -0.2) is 42.4 Å². The number of carbonyl (C=O) groups excluding carboxylic acids is 1. The molecule has 0 N–H and O–H groups in total. The second kappa shape index (κ2) is 11.0. The number of esters is 1. The molecule has 0 radical (unpaired) electrons. The van der Waals surface area contributed by atoms with Gasteiger partial charge in [-0.2, -0.15) is 4.98 Å². The van der Waals surface area contributed by atoms with Gasteiger partial charge in [-0.1, -0.05) is 25.1 Å². The summed E-state index contributed by atoms with van der Waals surface area (Å²) >= 11 is 0. The molecule has 1 aliphatic carbocycles. The fourth-order valence-electron chi connectivity index (χ4n) is 4.49. The third-order valence-electron chi connectivity index (χ3n) is 6.64. The van der Waals surface area contributed by atoms with E-state index in [2.05, 4.69) is 15.0 Å². The van der Waals surface area contributed by atoms with Crippen LogP contribution in [0.4, 0.5) is 10.4 Å². The number of piperidine rings is 1. The van der Waals surface area contributed by atoms with Crippen molar-refractivity contribution < 1.29 is 23.2 Å². The standard InChI is InChI=1S/C26H34FN3O4/c1-4-32-25(31)20-7-5-19(6-8-20)22-10-9-21(15-23(22)27)33-16-18-11-13-30(14-12-18)26-28-24(17(2)3)29-34-26/h5,9-10,15,17-18,20H,4,6-8,11-14,16H2,1-3H3. The van der Waals surface area contributed by atoms with E-state index in [0.717, 1.165) is 37.3 Å². The molecule has 1 atom stereocenters. The lowest BCUT2D eigenvalue weighted by atomic mass is 9.86. The van der Waals surface area contributed by atoms with Crippen molar-refractivity contribution in [3.05, 3.63) is 41.5 Å². The Balaban J connectivity index is 1.26. The molecule has 1 unspecified atom stereocenters. The molecule has 1 aromatic carbocycles. The Kier molecular flexibility index (Phi) is 7.85. The summed E-state index contributed by atoms with van der Waals surface area (Å²) in [4.78, 5) is 18.5. The molecule has 184 valence electrons. The number of benzene rings is 1. The predicted molar refractivity (Wildman–Crippen MR) is 127 cm³/mol. The Morgan fingerprint density at radius 1 is 1.26 bits per heavy atom. The first-order chi connectivity index (χ1) is 16.4. The molecule has 2 aromatic rings. The van der Waals surface area contributed by atoms with Crippen molar-refractivity contribution in [1.82, 2.24) is 10.1 Å². The first-order valence-electron chi connectivity index (χ1n) is 12.3. The van der Waals surface area contributed by atoms with E-state index in [1.54, 1.807) is 6.07 Å². The summed E-state index contributed by atoms with van der Waals surface area (Å²) in [5.74, 6) is 1.34. The van der Waals surface area contributed by atoms with Crippen LogP contribution in [0.25, 0.3) is 5.57 Å². The average molecular weight is 472 g/mol. The number of hydrogen-bond acceptors (Lipinski definition) is 7. The zero-order valence-corrected chi connectivity index (χ0v) is 20.3. The molecule has 1 fully saturated rings. The van der Waals surface area contributed by atoms with E-state index in [9.17, 15) is 9.18 Å². The quantitative estimate of drug-likeness (QED) is 0.479. The topological polar surface area (TPSA) is 77.7 Å². The first kappa shape index (κ1) is 24.2. The number of nitrogens with zero attached hydrogens (tertiary/aromatic N) is 3. The van der Waals surface area contributed by atoms with Gasteiger partial charge in [-0.25, -0.2) is 4.39 Å². The molecule has 0 spiro atoms. The minimum atomic E-state index is -0.287. The van der Waals surface area contributed by atoms with Crippen molar-refractivity contribution in [1.29, 1.82) is 0 Å². The van der Waals surface area contributed by atoms with E-state index in [-0.39, 0.29) is 23.6 Å². The summed E-state index contributed by atoms with van der Waals surface area (Å²) in [6.45, 7) is 8.51. The number of aromatic nitrogens is 2. The van der Waals surface area contributed by atoms with Gasteiger partial charge in [-0.05, 0) is 62.7 Å². The first-order valence-corrected chi connectivity index (χ1v) is 12.3. The van der Waals surface area contributed by atoms with Crippen molar-refractivity contribution in [2.24, 2.45) is 11.8 Å². The van der Waals surface area contributed by atoms with Gasteiger partial charge < -0.3 is 18.9 Å². The molecule has 2 heterocycles. The van der Waals surface area contributed by atoms with Crippen LogP contribution in [0.3, 0.4) is 0 Å². The van der Waals surface area contributed by atoms with Crippen LogP contribution in [0.2, 0.25) is 0 Å². The van der Waals surface area contributed by atoms with Gasteiger partial charge in [-0.15, -0.1) is 0 Å². The molecule has 1 aromatic heterocycles. The molecule has 0 saturated carbocycles. The Morgan fingerprint density at radius 2 is 2.06 bits per heavy atom. The maximum absolute atomic E-state index is 14.8. The minimum absolute atomic E-state index is 0.127. The summed E-state index contributed by atoms with van der Waals surface area (Å²) in [7, 11) is 0. The Bertz CT molecular complexity index is 1010. The second-order valence-corrected chi connectivity index (χ2v) is 9.43. The summed E-state index contributed by atoms with van der Waals surface area (Å²) in [5, 5.41) is 4.04.